The number of carbonyl (C=O) groups is 2. The third-order valence-electron chi connectivity index (χ3n) is 2.42. The van der Waals surface area contributed by atoms with Crippen LogP contribution in [0.2, 0.25) is 0 Å². The molecule has 3 N–H and O–H groups in total. The van der Waals surface area contributed by atoms with E-state index in [1.165, 1.54) is 0 Å². The number of benzene rings is 1. The molecule has 2 amide bonds. The van der Waals surface area contributed by atoms with Crippen LogP contribution in [0.25, 0.3) is 0 Å². The van der Waals surface area contributed by atoms with Gasteiger partial charge in [-0.1, -0.05) is 26.8 Å². The molecule has 5 heteroatoms. The van der Waals surface area contributed by atoms with Gasteiger partial charge in [-0.05, 0) is 25.2 Å². The third kappa shape index (κ3) is 5.09. The average molecular weight is 263 g/mol. The van der Waals surface area contributed by atoms with E-state index in [9.17, 15) is 9.59 Å². The van der Waals surface area contributed by atoms with Gasteiger partial charge >= 0.3 is 0 Å². The molecular weight excluding hydrogens is 242 g/mol. The minimum Gasteiger partial charge on any atom is -0.326 e. The number of carbonyl (C=O) groups excluding carboxylic acids is 2. The van der Waals surface area contributed by atoms with Gasteiger partial charge in [0.25, 0.3) is 0 Å². The second-order valence-electron chi connectivity index (χ2n) is 5.36. The minimum atomic E-state index is -0.453. The van der Waals surface area contributed by atoms with Crippen molar-refractivity contribution < 1.29 is 9.59 Å². The quantitative estimate of drug-likeness (QED) is 0.776. The molecular formula is C14H21N3O2. The number of rotatable bonds is 4. The van der Waals surface area contributed by atoms with Gasteiger partial charge < -0.3 is 16.0 Å². The molecule has 19 heavy (non-hydrogen) atoms. The van der Waals surface area contributed by atoms with Gasteiger partial charge in [0.1, 0.15) is 0 Å². The van der Waals surface area contributed by atoms with Crippen molar-refractivity contribution in [2.24, 2.45) is 5.41 Å². The van der Waals surface area contributed by atoms with Crippen molar-refractivity contribution in [3.05, 3.63) is 24.3 Å². The zero-order chi connectivity index (χ0) is 14.5. The minimum absolute atomic E-state index is 0.0637. The Bertz CT molecular complexity index is 464. The summed E-state index contributed by atoms with van der Waals surface area (Å²) < 4.78 is 0. The van der Waals surface area contributed by atoms with E-state index in [-0.39, 0.29) is 18.4 Å². The number of hydrogen-bond acceptors (Lipinski definition) is 3. The maximum Gasteiger partial charge on any atom is 0.238 e. The third-order valence-corrected chi connectivity index (χ3v) is 2.42. The number of hydrogen-bond donors (Lipinski definition) is 3. The molecule has 0 aromatic heterocycles. The number of anilines is 2. The van der Waals surface area contributed by atoms with E-state index in [0.29, 0.717) is 11.4 Å². The first-order valence-electron chi connectivity index (χ1n) is 6.19. The molecule has 0 aliphatic heterocycles. The van der Waals surface area contributed by atoms with Crippen LogP contribution in [0, 0.1) is 5.41 Å². The number of nitrogens with one attached hydrogen (secondary N) is 3. The molecule has 1 aromatic carbocycles. The van der Waals surface area contributed by atoms with Gasteiger partial charge in [-0.3, -0.25) is 9.59 Å². The van der Waals surface area contributed by atoms with E-state index in [4.69, 9.17) is 0 Å². The van der Waals surface area contributed by atoms with Crippen molar-refractivity contribution in [1.29, 1.82) is 0 Å². The molecule has 0 saturated carbocycles. The molecule has 104 valence electrons. The maximum atomic E-state index is 11.9. The van der Waals surface area contributed by atoms with Crippen LogP contribution < -0.4 is 16.0 Å². The molecule has 0 unspecified atom stereocenters. The topological polar surface area (TPSA) is 70.2 Å². The van der Waals surface area contributed by atoms with Gasteiger partial charge in [0, 0.05) is 16.8 Å². The summed E-state index contributed by atoms with van der Waals surface area (Å²) in [4.78, 5) is 23.3. The van der Waals surface area contributed by atoms with Crippen molar-refractivity contribution in [2.75, 3.05) is 24.2 Å². The molecule has 1 aromatic rings. The van der Waals surface area contributed by atoms with E-state index in [1.54, 1.807) is 31.3 Å². The lowest BCUT2D eigenvalue weighted by atomic mass is 9.95. The van der Waals surface area contributed by atoms with Crippen molar-refractivity contribution in [3.8, 4) is 0 Å². The smallest absolute Gasteiger partial charge is 0.238 e. The summed E-state index contributed by atoms with van der Waals surface area (Å²) in [5.74, 6) is -0.187. The predicted molar refractivity (Wildman–Crippen MR) is 77.1 cm³/mol. The Morgan fingerprint density at radius 1 is 1.11 bits per heavy atom. The molecule has 0 radical (unpaired) electrons. The normalized spacial score (nSPS) is 10.9. The van der Waals surface area contributed by atoms with E-state index >= 15 is 0 Å². The first-order chi connectivity index (χ1) is 8.82. The maximum absolute atomic E-state index is 11.9. The summed E-state index contributed by atoms with van der Waals surface area (Å²) in [5, 5.41) is 8.34. The SMILES string of the molecule is CNCC(=O)Nc1cccc(NC(=O)C(C)(C)C)c1. The molecule has 0 aliphatic rings. The van der Waals surface area contributed by atoms with Crippen LogP contribution in [-0.2, 0) is 9.59 Å². The molecule has 5 nitrogen and oxygen atoms in total. The van der Waals surface area contributed by atoms with Gasteiger partial charge in [0.2, 0.25) is 11.8 Å². The van der Waals surface area contributed by atoms with Gasteiger partial charge in [0.15, 0.2) is 0 Å². The van der Waals surface area contributed by atoms with Crippen LogP contribution in [0.1, 0.15) is 20.8 Å². The molecule has 0 spiro atoms. The molecule has 0 saturated heterocycles. The van der Waals surface area contributed by atoms with E-state index in [0.717, 1.165) is 0 Å². The van der Waals surface area contributed by atoms with Crippen molar-refractivity contribution >= 4 is 23.2 Å². The lowest BCUT2D eigenvalue weighted by molar-refractivity contribution is -0.123. The Morgan fingerprint density at radius 3 is 2.21 bits per heavy atom. The van der Waals surface area contributed by atoms with Crippen LogP contribution in [-0.4, -0.2) is 25.4 Å². The van der Waals surface area contributed by atoms with Crippen LogP contribution in [0.3, 0.4) is 0 Å². The summed E-state index contributed by atoms with van der Waals surface area (Å²) in [5.41, 5.74) is 0.875. The molecule has 0 aliphatic carbocycles. The highest BCUT2D eigenvalue weighted by atomic mass is 16.2. The first-order valence-corrected chi connectivity index (χ1v) is 6.19. The lowest BCUT2D eigenvalue weighted by Crippen LogP contribution is -2.28. The molecule has 1 rings (SSSR count). The summed E-state index contributed by atoms with van der Waals surface area (Å²) in [6, 6.07) is 7.09. The van der Waals surface area contributed by atoms with E-state index in [1.807, 2.05) is 20.8 Å². The van der Waals surface area contributed by atoms with E-state index in [2.05, 4.69) is 16.0 Å². The standard InChI is InChI=1S/C14H21N3O2/c1-14(2,3)13(19)17-11-7-5-6-10(8-11)16-12(18)9-15-4/h5-8,15H,9H2,1-4H3,(H,16,18)(H,17,19). The molecule has 0 bridgehead atoms. The first kappa shape index (κ1) is 15.2. The summed E-state index contributed by atoms with van der Waals surface area (Å²) in [6.07, 6.45) is 0. The second kappa shape index (κ2) is 6.33. The van der Waals surface area contributed by atoms with Gasteiger partial charge in [-0.15, -0.1) is 0 Å². The Morgan fingerprint density at radius 2 is 1.68 bits per heavy atom. The van der Waals surface area contributed by atoms with Crippen LogP contribution >= 0.6 is 0 Å². The van der Waals surface area contributed by atoms with Crippen molar-refractivity contribution in [2.45, 2.75) is 20.8 Å². The number of likely N-dealkylation sites (N-methyl/N-ethyl adjacent to an activating group) is 1. The Hall–Kier alpha value is -1.88. The average Bonchev–Trinajstić information content (AvgIpc) is 2.28. The molecule has 0 atom stereocenters. The van der Waals surface area contributed by atoms with E-state index < -0.39 is 5.41 Å². The van der Waals surface area contributed by atoms with Crippen molar-refractivity contribution in [3.63, 3.8) is 0 Å². The van der Waals surface area contributed by atoms with Crippen LogP contribution in [0.15, 0.2) is 24.3 Å². The fourth-order valence-electron chi connectivity index (χ4n) is 1.36. The highest BCUT2D eigenvalue weighted by Gasteiger charge is 2.21. The van der Waals surface area contributed by atoms with Crippen LogP contribution in [0.5, 0.6) is 0 Å². The molecule has 0 heterocycles. The molecule has 0 fully saturated rings. The van der Waals surface area contributed by atoms with Gasteiger partial charge in [-0.2, -0.15) is 0 Å². The lowest BCUT2D eigenvalue weighted by Gasteiger charge is -2.18. The van der Waals surface area contributed by atoms with Crippen LogP contribution in [0.4, 0.5) is 11.4 Å². The fraction of sp³-hybridized carbons (Fsp3) is 0.429. The summed E-state index contributed by atoms with van der Waals surface area (Å²) in [6.45, 7) is 5.79. The zero-order valence-corrected chi connectivity index (χ0v) is 11.8. The summed E-state index contributed by atoms with van der Waals surface area (Å²) in [7, 11) is 1.71. The highest BCUT2D eigenvalue weighted by molar-refractivity contribution is 5.96. The second-order valence-corrected chi connectivity index (χ2v) is 5.36. The Labute approximate surface area is 113 Å². The van der Waals surface area contributed by atoms with Crippen molar-refractivity contribution in [1.82, 2.24) is 5.32 Å². The summed E-state index contributed by atoms with van der Waals surface area (Å²) >= 11 is 0. The van der Waals surface area contributed by atoms with Gasteiger partial charge in [-0.25, -0.2) is 0 Å². The highest BCUT2D eigenvalue weighted by Crippen LogP contribution is 2.19. The Balaban J connectivity index is 2.72. The Kier molecular flexibility index (Phi) is 5.06. The monoisotopic (exact) mass is 263 g/mol. The zero-order valence-electron chi connectivity index (χ0n) is 11.8. The number of amides is 2. The fourth-order valence-corrected chi connectivity index (χ4v) is 1.36. The predicted octanol–water partition coefficient (Wildman–Crippen LogP) is 1.83. The van der Waals surface area contributed by atoms with Gasteiger partial charge in [0.05, 0.1) is 6.54 Å². The largest absolute Gasteiger partial charge is 0.326 e.